The number of fused-ring (bicyclic) bond motifs is 1. The Balaban J connectivity index is 1.95. The third-order valence-corrected chi connectivity index (χ3v) is 5.15. The lowest BCUT2D eigenvalue weighted by Crippen LogP contribution is -2.07. The topological polar surface area (TPSA) is 102 Å². The van der Waals surface area contributed by atoms with Crippen LogP contribution in [-0.2, 0) is 16.4 Å². The Labute approximate surface area is 148 Å². The summed E-state index contributed by atoms with van der Waals surface area (Å²) in [5.74, 6) is 0.138. The number of aryl methyl sites for hydroxylation is 1. The van der Waals surface area contributed by atoms with Gasteiger partial charge in [-0.1, -0.05) is 0 Å². The van der Waals surface area contributed by atoms with E-state index in [4.69, 9.17) is 4.42 Å². The molecule has 2 aromatic carbocycles. The van der Waals surface area contributed by atoms with Gasteiger partial charge in [0, 0.05) is 29.3 Å². The number of nitro benzene ring substituents is 1. The molecule has 0 saturated carbocycles. The highest BCUT2D eigenvalue weighted by Gasteiger charge is 2.19. The quantitative estimate of drug-likeness (QED) is 0.535. The Kier molecular flexibility index (Phi) is 4.41. The van der Waals surface area contributed by atoms with E-state index < -0.39 is 14.8 Å². The van der Waals surface area contributed by atoms with E-state index in [2.05, 4.69) is 5.32 Å². The number of nitrogens with zero attached hydrogens (tertiary/aromatic N) is 1. The van der Waals surface area contributed by atoms with Crippen LogP contribution in [0.2, 0.25) is 0 Å². The van der Waals surface area contributed by atoms with Crippen molar-refractivity contribution in [2.75, 3.05) is 11.6 Å². The number of hydrogen-bond acceptors (Lipinski definition) is 6. The summed E-state index contributed by atoms with van der Waals surface area (Å²) >= 11 is 0. The highest BCUT2D eigenvalue weighted by atomic mass is 32.2. The van der Waals surface area contributed by atoms with Crippen molar-refractivity contribution >= 4 is 32.2 Å². The number of non-ortho nitro benzene ring substituents is 1. The van der Waals surface area contributed by atoms with Crippen LogP contribution in [0.3, 0.4) is 0 Å². The third kappa shape index (κ3) is 3.38. The van der Waals surface area contributed by atoms with E-state index in [1.807, 2.05) is 0 Å². The first-order valence-electron chi connectivity index (χ1n) is 7.56. The summed E-state index contributed by atoms with van der Waals surface area (Å²) in [5.41, 5.74) is 1.16. The highest BCUT2D eigenvalue weighted by Crippen LogP contribution is 2.29. The smallest absolute Gasteiger partial charge is 0.270 e. The normalized spacial score (nSPS) is 11.7. The van der Waals surface area contributed by atoms with E-state index in [0.717, 1.165) is 17.9 Å². The van der Waals surface area contributed by atoms with Gasteiger partial charge in [-0.05, 0) is 31.2 Å². The van der Waals surface area contributed by atoms with E-state index in [1.165, 1.54) is 30.3 Å². The molecule has 0 aliphatic heterocycles. The van der Waals surface area contributed by atoms with E-state index in [9.17, 15) is 22.9 Å². The molecule has 7 nitrogen and oxygen atoms in total. The maximum absolute atomic E-state index is 13.4. The van der Waals surface area contributed by atoms with E-state index in [0.29, 0.717) is 16.7 Å². The van der Waals surface area contributed by atoms with Crippen LogP contribution in [-0.4, -0.2) is 19.6 Å². The number of halogens is 1. The number of furan rings is 1. The number of rotatable bonds is 5. The first kappa shape index (κ1) is 17.9. The monoisotopic (exact) mass is 378 g/mol. The van der Waals surface area contributed by atoms with Crippen molar-refractivity contribution in [1.82, 2.24) is 0 Å². The minimum absolute atomic E-state index is 0.141. The molecular weight excluding hydrogens is 363 g/mol. The zero-order chi connectivity index (χ0) is 19.1. The molecule has 0 unspecified atom stereocenters. The van der Waals surface area contributed by atoms with Gasteiger partial charge in [0.25, 0.3) is 5.69 Å². The predicted molar refractivity (Wildman–Crippen MR) is 94.4 cm³/mol. The zero-order valence-electron chi connectivity index (χ0n) is 13.9. The zero-order valence-corrected chi connectivity index (χ0v) is 14.8. The highest BCUT2D eigenvalue weighted by molar-refractivity contribution is 7.90. The second-order valence-corrected chi connectivity index (χ2v) is 7.84. The van der Waals surface area contributed by atoms with Crippen molar-refractivity contribution in [3.63, 3.8) is 0 Å². The number of hydrogen-bond donors (Lipinski definition) is 1. The maximum atomic E-state index is 13.4. The minimum Gasteiger partial charge on any atom is -0.459 e. The van der Waals surface area contributed by atoms with E-state index in [1.54, 1.807) is 6.92 Å². The minimum atomic E-state index is -3.68. The van der Waals surface area contributed by atoms with Crippen molar-refractivity contribution in [3.8, 4) is 0 Å². The van der Waals surface area contributed by atoms with Gasteiger partial charge < -0.3 is 9.73 Å². The maximum Gasteiger partial charge on any atom is 0.270 e. The van der Waals surface area contributed by atoms with Gasteiger partial charge in [0.2, 0.25) is 0 Å². The van der Waals surface area contributed by atoms with Gasteiger partial charge in [0.15, 0.2) is 9.84 Å². The number of sulfone groups is 1. The summed E-state index contributed by atoms with van der Waals surface area (Å²) in [6.07, 6.45) is 0.979. The van der Waals surface area contributed by atoms with Gasteiger partial charge >= 0.3 is 0 Å². The molecule has 0 atom stereocenters. The molecule has 0 spiro atoms. The SMILES string of the molecule is Cc1c(CNc2ccc([N+](=O)[O-])cc2S(C)(=O)=O)oc2ccc(F)cc12. The molecule has 1 N–H and O–H groups in total. The fourth-order valence-corrected chi connectivity index (χ4v) is 3.54. The first-order valence-corrected chi connectivity index (χ1v) is 9.46. The van der Waals surface area contributed by atoms with Crippen LogP contribution in [0.4, 0.5) is 15.8 Å². The average Bonchev–Trinajstić information content (AvgIpc) is 2.87. The van der Waals surface area contributed by atoms with Gasteiger partial charge in [0.1, 0.15) is 17.2 Å². The lowest BCUT2D eigenvalue weighted by molar-refractivity contribution is -0.385. The Hall–Kier alpha value is -2.94. The fraction of sp³-hybridized carbons (Fsp3) is 0.176. The Bertz CT molecular complexity index is 1120. The average molecular weight is 378 g/mol. The third-order valence-electron chi connectivity index (χ3n) is 4.01. The molecule has 26 heavy (non-hydrogen) atoms. The van der Waals surface area contributed by atoms with Crippen molar-refractivity contribution in [2.24, 2.45) is 0 Å². The van der Waals surface area contributed by atoms with Crippen molar-refractivity contribution in [3.05, 3.63) is 63.7 Å². The van der Waals surface area contributed by atoms with Gasteiger partial charge in [-0.15, -0.1) is 0 Å². The van der Waals surface area contributed by atoms with Crippen molar-refractivity contribution in [2.45, 2.75) is 18.4 Å². The predicted octanol–water partition coefficient (Wildman–Crippen LogP) is 3.80. The Morgan fingerprint density at radius 2 is 1.96 bits per heavy atom. The molecule has 0 aliphatic rings. The summed E-state index contributed by atoms with van der Waals surface area (Å²) in [4.78, 5) is 10.1. The second kappa shape index (κ2) is 6.41. The van der Waals surface area contributed by atoms with Gasteiger partial charge in [-0.2, -0.15) is 0 Å². The number of benzene rings is 2. The second-order valence-electron chi connectivity index (χ2n) is 5.85. The van der Waals surface area contributed by atoms with Gasteiger partial charge in [-0.3, -0.25) is 10.1 Å². The lowest BCUT2D eigenvalue weighted by Gasteiger charge is -2.10. The van der Waals surface area contributed by atoms with Crippen molar-refractivity contribution in [1.29, 1.82) is 0 Å². The van der Waals surface area contributed by atoms with Gasteiger partial charge in [-0.25, -0.2) is 12.8 Å². The molecule has 1 aromatic heterocycles. The fourth-order valence-electron chi connectivity index (χ4n) is 2.67. The summed E-state index contributed by atoms with van der Waals surface area (Å²) in [6, 6.07) is 7.75. The molecule has 0 saturated heterocycles. The van der Waals surface area contributed by atoms with Crippen LogP contribution in [0, 0.1) is 22.9 Å². The van der Waals surface area contributed by atoms with Crippen LogP contribution in [0.25, 0.3) is 11.0 Å². The van der Waals surface area contributed by atoms with Crippen LogP contribution < -0.4 is 5.32 Å². The molecule has 0 bridgehead atoms. The van der Waals surface area contributed by atoms with E-state index >= 15 is 0 Å². The van der Waals surface area contributed by atoms with Crippen molar-refractivity contribution < 1.29 is 22.1 Å². The molecule has 0 aliphatic carbocycles. The van der Waals surface area contributed by atoms with Crippen LogP contribution in [0.15, 0.2) is 45.7 Å². The molecule has 0 radical (unpaired) electrons. The van der Waals surface area contributed by atoms with Crippen LogP contribution in [0.5, 0.6) is 0 Å². The largest absolute Gasteiger partial charge is 0.459 e. The number of nitrogens with one attached hydrogen (secondary N) is 1. The Morgan fingerprint density at radius 3 is 2.62 bits per heavy atom. The summed E-state index contributed by atoms with van der Waals surface area (Å²) in [7, 11) is -3.68. The van der Waals surface area contributed by atoms with Crippen LogP contribution >= 0.6 is 0 Å². The molecule has 0 amide bonds. The molecule has 9 heteroatoms. The molecular formula is C17H15FN2O5S. The van der Waals surface area contributed by atoms with Gasteiger partial charge in [0.05, 0.1) is 22.1 Å². The summed E-state index contributed by atoms with van der Waals surface area (Å²) in [5, 5.41) is 14.4. The molecule has 0 fully saturated rings. The number of anilines is 1. The molecule has 136 valence electrons. The van der Waals surface area contributed by atoms with E-state index in [-0.39, 0.29) is 28.6 Å². The molecule has 3 rings (SSSR count). The standard InChI is InChI=1S/C17H15FN2O5S/c1-10-13-7-11(18)3-6-15(13)25-16(10)9-19-14-5-4-12(20(21)22)8-17(14)26(2,23)24/h3-8,19H,9H2,1-2H3. The number of nitro groups is 1. The van der Waals surface area contributed by atoms with Crippen LogP contribution in [0.1, 0.15) is 11.3 Å². The molecule has 1 heterocycles. The first-order chi connectivity index (χ1) is 12.2. The summed E-state index contributed by atoms with van der Waals surface area (Å²) < 4.78 is 43.0. The summed E-state index contributed by atoms with van der Waals surface area (Å²) in [6.45, 7) is 1.91. The lowest BCUT2D eigenvalue weighted by atomic mass is 10.1. The Morgan fingerprint density at radius 1 is 1.23 bits per heavy atom. The molecule has 3 aromatic rings.